The van der Waals surface area contributed by atoms with Crippen LogP contribution in [0.5, 0.6) is 0 Å². The number of aliphatic hydroxyl groups is 1. The number of halogens is 1. The zero-order valence-electron chi connectivity index (χ0n) is 11.7. The Hall–Kier alpha value is -0.760. The zero-order valence-corrected chi connectivity index (χ0v) is 13.2. The predicted molar refractivity (Wildman–Crippen MR) is 80.1 cm³/mol. The molecule has 2 aliphatic rings. The molecule has 1 aromatic heterocycles. The van der Waals surface area contributed by atoms with Gasteiger partial charge in [0, 0.05) is 24.1 Å². The standard InChI is InChI=1S/C13H19ClN4O2S/c14-12-10(16-17-21-12)7-18-5-3-8(4-6-18)11(19)13(20)15-9-1-2-9/h8-9,11,19H,1-7H2,(H,15,20). The van der Waals surface area contributed by atoms with Crippen LogP contribution < -0.4 is 5.32 Å². The van der Waals surface area contributed by atoms with Gasteiger partial charge in [-0.3, -0.25) is 9.69 Å². The fourth-order valence-corrected chi connectivity index (χ4v) is 3.27. The maximum Gasteiger partial charge on any atom is 0.249 e. The first kappa shape index (κ1) is 15.1. The Morgan fingerprint density at radius 2 is 2.14 bits per heavy atom. The van der Waals surface area contributed by atoms with Crippen LogP contribution >= 0.6 is 23.1 Å². The SMILES string of the molecule is O=C(NC1CC1)C(O)C1CCN(Cc2nnsc2Cl)CC1. The number of carbonyl (C=O) groups excluding carboxylic acids is 1. The molecule has 1 aliphatic heterocycles. The minimum absolute atomic E-state index is 0.0454. The van der Waals surface area contributed by atoms with Crippen molar-refractivity contribution >= 4 is 29.0 Å². The molecule has 0 spiro atoms. The molecule has 1 atom stereocenters. The van der Waals surface area contributed by atoms with Crippen molar-refractivity contribution < 1.29 is 9.90 Å². The van der Waals surface area contributed by atoms with Crippen molar-refractivity contribution in [1.82, 2.24) is 19.8 Å². The number of aromatic nitrogens is 2. The summed E-state index contributed by atoms with van der Waals surface area (Å²) in [4.78, 5) is 14.1. The van der Waals surface area contributed by atoms with Crippen LogP contribution in [0.15, 0.2) is 0 Å². The van der Waals surface area contributed by atoms with Gasteiger partial charge in [-0.2, -0.15) is 0 Å². The van der Waals surface area contributed by atoms with E-state index in [1.807, 2.05) is 0 Å². The fourth-order valence-electron chi connectivity index (χ4n) is 2.66. The molecule has 1 aliphatic carbocycles. The molecular formula is C13H19ClN4O2S. The molecule has 21 heavy (non-hydrogen) atoms. The van der Waals surface area contributed by atoms with Crippen molar-refractivity contribution in [3.63, 3.8) is 0 Å². The molecule has 2 fully saturated rings. The van der Waals surface area contributed by atoms with Crippen LogP contribution in [0.4, 0.5) is 0 Å². The summed E-state index contributed by atoms with van der Waals surface area (Å²) in [5, 5.41) is 17.0. The second kappa shape index (κ2) is 6.56. The lowest BCUT2D eigenvalue weighted by Crippen LogP contribution is -2.45. The van der Waals surface area contributed by atoms with Crippen molar-refractivity contribution in [2.75, 3.05) is 13.1 Å². The minimum Gasteiger partial charge on any atom is -0.383 e. The summed E-state index contributed by atoms with van der Waals surface area (Å²) in [6, 6.07) is 0.298. The molecule has 2 heterocycles. The average Bonchev–Trinajstić information content (AvgIpc) is 3.21. The third-order valence-corrected chi connectivity index (χ3v) is 5.14. The van der Waals surface area contributed by atoms with Gasteiger partial charge in [-0.25, -0.2) is 0 Å². The molecular weight excluding hydrogens is 312 g/mol. The van der Waals surface area contributed by atoms with E-state index >= 15 is 0 Å². The third-order valence-electron chi connectivity index (χ3n) is 4.15. The maximum absolute atomic E-state index is 11.9. The summed E-state index contributed by atoms with van der Waals surface area (Å²) in [5.74, 6) is -0.160. The topological polar surface area (TPSA) is 78.4 Å². The summed E-state index contributed by atoms with van der Waals surface area (Å²) in [6.07, 6.45) is 2.83. The number of nitrogens with zero attached hydrogens (tertiary/aromatic N) is 3. The largest absolute Gasteiger partial charge is 0.383 e. The number of amides is 1. The number of hydrogen-bond donors (Lipinski definition) is 2. The first-order valence-electron chi connectivity index (χ1n) is 7.31. The molecule has 0 bridgehead atoms. The highest BCUT2D eigenvalue weighted by Crippen LogP contribution is 2.25. The van der Waals surface area contributed by atoms with Gasteiger partial charge in [0.15, 0.2) is 0 Å². The molecule has 1 saturated carbocycles. The van der Waals surface area contributed by atoms with Gasteiger partial charge < -0.3 is 10.4 Å². The highest BCUT2D eigenvalue weighted by molar-refractivity contribution is 7.10. The van der Waals surface area contributed by atoms with Gasteiger partial charge in [-0.1, -0.05) is 16.1 Å². The van der Waals surface area contributed by atoms with E-state index in [2.05, 4.69) is 19.8 Å². The number of aliphatic hydroxyl groups excluding tert-OH is 1. The molecule has 0 aromatic carbocycles. The van der Waals surface area contributed by atoms with E-state index in [4.69, 9.17) is 11.6 Å². The normalized spacial score (nSPS) is 22.2. The molecule has 6 nitrogen and oxygen atoms in total. The van der Waals surface area contributed by atoms with E-state index in [1.54, 1.807) is 0 Å². The van der Waals surface area contributed by atoms with Gasteiger partial charge in [0.05, 0.1) is 0 Å². The van der Waals surface area contributed by atoms with E-state index in [0.717, 1.165) is 44.5 Å². The van der Waals surface area contributed by atoms with E-state index in [0.29, 0.717) is 16.9 Å². The summed E-state index contributed by atoms with van der Waals surface area (Å²) in [5.41, 5.74) is 0.812. The molecule has 1 amide bonds. The van der Waals surface area contributed by atoms with Gasteiger partial charge in [0.1, 0.15) is 16.1 Å². The molecule has 0 radical (unpaired) electrons. The van der Waals surface area contributed by atoms with Gasteiger partial charge in [0.25, 0.3) is 0 Å². The Kier molecular flexibility index (Phi) is 4.73. The molecule has 2 N–H and O–H groups in total. The zero-order chi connectivity index (χ0) is 14.8. The van der Waals surface area contributed by atoms with Crippen molar-refractivity contribution in [3.8, 4) is 0 Å². The molecule has 1 unspecified atom stereocenters. The van der Waals surface area contributed by atoms with Gasteiger partial charge in [0.2, 0.25) is 5.91 Å². The Morgan fingerprint density at radius 1 is 1.43 bits per heavy atom. The van der Waals surface area contributed by atoms with Crippen molar-refractivity contribution in [2.45, 2.75) is 44.4 Å². The van der Waals surface area contributed by atoms with E-state index in [9.17, 15) is 9.90 Å². The molecule has 1 aromatic rings. The quantitative estimate of drug-likeness (QED) is 0.843. The molecule has 8 heteroatoms. The molecule has 3 rings (SSSR count). The average molecular weight is 331 g/mol. The van der Waals surface area contributed by atoms with E-state index in [-0.39, 0.29) is 11.8 Å². The van der Waals surface area contributed by atoms with Crippen LogP contribution in [0.3, 0.4) is 0 Å². The number of hydrogen-bond acceptors (Lipinski definition) is 6. The lowest BCUT2D eigenvalue weighted by Gasteiger charge is -2.33. The van der Waals surface area contributed by atoms with Crippen molar-refractivity contribution in [3.05, 3.63) is 10.0 Å². The lowest BCUT2D eigenvalue weighted by molar-refractivity contribution is -0.133. The second-order valence-electron chi connectivity index (χ2n) is 5.83. The smallest absolute Gasteiger partial charge is 0.249 e. The first-order chi connectivity index (χ1) is 10.1. The van der Waals surface area contributed by atoms with Crippen LogP contribution in [-0.4, -0.2) is 50.7 Å². The van der Waals surface area contributed by atoms with Crippen molar-refractivity contribution in [2.24, 2.45) is 5.92 Å². The summed E-state index contributed by atoms with van der Waals surface area (Å²) < 4.78 is 4.47. The summed E-state index contributed by atoms with van der Waals surface area (Å²) in [7, 11) is 0. The Labute approximate surface area is 132 Å². The summed E-state index contributed by atoms with van der Waals surface area (Å²) >= 11 is 7.21. The number of rotatable bonds is 5. The van der Waals surface area contributed by atoms with E-state index in [1.165, 1.54) is 11.5 Å². The van der Waals surface area contributed by atoms with Crippen molar-refractivity contribution in [1.29, 1.82) is 0 Å². The summed E-state index contributed by atoms with van der Waals surface area (Å²) in [6.45, 7) is 2.37. The number of nitrogens with one attached hydrogen (secondary N) is 1. The second-order valence-corrected chi connectivity index (χ2v) is 7.19. The van der Waals surface area contributed by atoms with Gasteiger partial charge in [-0.15, -0.1) is 5.10 Å². The van der Waals surface area contributed by atoms with Crippen LogP contribution in [-0.2, 0) is 11.3 Å². The fraction of sp³-hybridized carbons (Fsp3) is 0.769. The molecule has 116 valence electrons. The highest BCUT2D eigenvalue weighted by atomic mass is 35.5. The Bertz CT molecular complexity index is 500. The highest BCUT2D eigenvalue weighted by Gasteiger charge is 2.33. The Balaban J connectivity index is 1.45. The number of likely N-dealkylation sites (tertiary alicyclic amines) is 1. The van der Waals surface area contributed by atoms with Crippen LogP contribution in [0, 0.1) is 5.92 Å². The monoisotopic (exact) mass is 330 g/mol. The minimum atomic E-state index is -0.878. The van der Waals surface area contributed by atoms with E-state index < -0.39 is 6.10 Å². The van der Waals surface area contributed by atoms with Crippen LogP contribution in [0.1, 0.15) is 31.4 Å². The Morgan fingerprint density at radius 3 is 2.71 bits per heavy atom. The number of piperidine rings is 1. The van der Waals surface area contributed by atoms with Crippen LogP contribution in [0.25, 0.3) is 0 Å². The number of carbonyl (C=O) groups is 1. The third kappa shape index (κ3) is 3.91. The van der Waals surface area contributed by atoms with Crippen LogP contribution in [0.2, 0.25) is 4.34 Å². The predicted octanol–water partition coefficient (Wildman–Crippen LogP) is 1.04. The lowest BCUT2D eigenvalue weighted by atomic mass is 9.90. The van der Waals surface area contributed by atoms with Gasteiger partial charge in [-0.05, 0) is 44.7 Å². The molecule has 1 saturated heterocycles. The maximum atomic E-state index is 11.9. The van der Waals surface area contributed by atoms with Gasteiger partial charge >= 0.3 is 0 Å². The first-order valence-corrected chi connectivity index (χ1v) is 8.46.